The highest BCUT2D eigenvalue weighted by molar-refractivity contribution is 7.22. The van der Waals surface area contributed by atoms with Crippen molar-refractivity contribution in [2.24, 2.45) is 0 Å². The van der Waals surface area contributed by atoms with Crippen LogP contribution < -0.4 is 4.90 Å². The molecule has 4 aromatic rings. The molecule has 204 valence electrons. The third-order valence-corrected chi connectivity index (χ3v) is 8.01. The zero-order chi connectivity index (χ0) is 27.9. The summed E-state index contributed by atoms with van der Waals surface area (Å²) in [6.45, 7) is 11.2. The number of aryl methyl sites for hydroxylation is 1. The standard InChI is InChI=1S/C29H32ClN5O3S/c1-17-16-20-25(39-27(32-20)26-31-11-10-21(33-26)35-14-12-34(5)13-15-35)23(18-6-8-19(30)9-7-18)22(17)24(28(36)37)38-29(2,3)4/h6-11,16,24H,12-15H2,1-5H3,(H,36,37)/t24-/m0/s1. The molecule has 3 heterocycles. The number of halogens is 1. The maximum atomic E-state index is 12.6. The number of fused-ring (bicyclic) bond motifs is 1. The Labute approximate surface area is 237 Å². The van der Waals surface area contributed by atoms with Gasteiger partial charge in [-0.2, -0.15) is 0 Å². The molecule has 2 aromatic heterocycles. The van der Waals surface area contributed by atoms with Crippen LogP contribution in [-0.4, -0.2) is 69.8 Å². The summed E-state index contributed by atoms with van der Waals surface area (Å²) >= 11 is 7.67. The van der Waals surface area contributed by atoms with Crippen LogP contribution in [0.4, 0.5) is 5.82 Å². The lowest BCUT2D eigenvalue weighted by Gasteiger charge is -2.33. The number of hydrogen-bond acceptors (Lipinski definition) is 8. The fourth-order valence-electron chi connectivity index (χ4n) is 4.80. The second-order valence-corrected chi connectivity index (χ2v) is 12.3. The number of thiazole rings is 1. The Balaban J connectivity index is 1.67. The molecule has 39 heavy (non-hydrogen) atoms. The molecule has 0 aliphatic carbocycles. The number of hydrogen-bond donors (Lipinski definition) is 1. The Morgan fingerprint density at radius 1 is 1.10 bits per heavy atom. The van der Waals surface area contributed by atoms with Crippen molar-refractivity contribution in [2.75, 3.05) is 38.1 Å². The van der Waals surface area contributed by atoms with Gasteiger partial charge in [-0.3, -0.25) is 0 Å². The summed E-state index contributed by atoms with van der Waals surface area (Å²) in [4.78, 5) is 31.5. The number of ether oxygens (including phenoxy) is 1. The van der Waals surface area contributed by atoms with Gasteiger partial charge in [-0.1, -0.05) is 23.7 Å². The lowest BCUT2D eigenvalue weighted by atomic mass is 9.91. The fourth-order valence-corrected chi connectivity index (χ4v) is 5.99. The number of aliphatic carboxylic acids is 1. The van der Waals surface area contributed by atoms with Crippen molar-refractivity contribution in [3.63, 3.8) is 0 Å². The molecule has 0 saturated carbocycles. The normalized spacial score (nSPS) is 15.6. The van der Waals surface area contributed by atoms with E-state index in [9.17, 15) is 9.90 Å². The van der Waals surface area contributed by atoms with Crippen LogP contribution in [0.5, 0.6) is 0 Å². The molecule has 1 atom stereocenters. The average molecular weight is 566 g/mol. The van der Waals surface area contributed by atoms with Crippen molar-refractivity contribution in [3.8, 4) is 22.0 Å². The quantitative estimate of drug-likeness (QED) is 0.301. The number of aromatic nitrogens is 3. The summed E-state index contributed by atoms with van der Waals surface area (Å²) in [5.74, 6) is 0.386. The first-order valence-electron chi connectivity index (χ1n) is 12.9. The SMILES string of the molecule is Cc1cc2nc(-c3nccc(N4CCN(C)CC4)n3)sc2c(-c2ccc(Cl)cc2)c1[C@H](OC(C)(C)C)C(=O)O. The first-order chi connectivity index (χ1) is 18.5. The third kappa shape index (κ3) is 5.91. The molecule has 0 radical (unpaired) electrons. The molecule has 2 aromatic carbocycles. The number of carboxylic acids is 1. The highest BCUT2D eigenvalue weighted by Crippen LogP contribution is 2.44. The number of nitrogens with zero attached hydrogens (tertiary/aromatic N) is 5. The van der Waals surface area contributed by atoms with Crippen LogP contribution in [-0.2, 0) is 9.53 Å². The largest absolute Gasteiger partial charge is 0.479 e. The zero-order valence-corrected chi connectivity index (χ0v) is 24.3. The molecule has 1 fully saturated rings. The maximum Gasteiger partial charge on any atom is 0.337 e. The fraction of sp³-hybridized carbons (Fsp3) is 0.379. The van der Waals surface area contributed by atoms with Crippen molar-refractivity contribution in [1.82, 2.24) is 19.9 Å². The minimum absolute atomic E-state index is 0.551. The van der Waals surface area contributed by atoms with Gasteiger partial charge >= 0.3 is 5.97 Å². The minimum Gasteiger partial charge on any atom is -0.479 e. The Hall–Kier alpha value is -3.11. The lowest BCUT2D eigenvalue weighted by molar-refractivity contribution is -0.160. The summed E-state index contributed by atoms with van der Waals surface area (Å²) in [6.07, 6.45) is 0.610. The van der Waals surface area contributed by atoms with Gasteiger partial charge in [-0.15, -0.1) is 11.3 Å². The van der Waals surface area contributed by atoms with E-state index in [0.717, 1.165) is 58.9 Å². The van der Waals surface area contributed by atoms with Gasteiger partial charge in [0.05, 0.1) is 15.8 Å². The minimum atomic E-state index is -1.16. The molecule has 10 heteroatoms. The van der Waals surface area contributed by atoms with Crippen molar-refractivity contribution in [2.45, 2.75) is 39.4 Å². The van der Waals surface area contributed by atoms with E-state index in [-0.39, 0.29) is 0 Å². The van der Waals surface area contributed by atoms with Crippen LogP contribution in [0, 0.1) is 6.92 Å². The molecule has 0 amide bonds. The second-order valence-electron chi connectivity index (χ2n) is 10.8. The van der Waals surface area contributed by atoms with E-state index in [1.807, 2.05) is 52.0 Å². The van der Waals surface area contributed by atoms with Gasteiger partial charge in [0.2, 0.25) is 0 Å². The molecule has 1 N–H and O–H groups in total. The highest BCUT2D eigenvalue weighted by atomic mass is 35.5. The molecule has 1 saturated heterocycles. The average Bonchev–Trinajstić information content (AvgIpc) is 3.31. The van der Waals surface area contributed by atoms with Gasteiger partial charge in [-0.05, 0) is 70.1 Å². The first kappa shape index (κ1) is 27.5. The smallest absolute Gasteiger partial charge is 0.337 e. The highest BCUT2D eigenvalue weighted by Gasteiger charge is 2.32. The van der Waals surface area contributed by atoms with Crippen LogP contribution >= 0.6 is 22.9 Å². The number of carbonyl (C=O) groups is 1. The summed E-state index contributed by atoms with van der Waals surface area (Å²) in [6, 6.07) is 11.3. The lowest BCUT2D eigenvalue weighted by Crippen LogP contribution is -2.44. The van der Waals surface area contributed by atoms with E-state index in [0.29, 0.717) is 21.4 Å². The van der Waals surface area contributed by atoms with E-state index in [1.54, 1.807) is 18.3 Å². The molecule has 1 aliphatic rings. The van der Waals surface area contributed by atoms with E-state index < -0.39 is 17.7 Å². The van der Waals surface area contributed by atoms with E-state index in [2.05, 4.69) is 21.8 Å². The zero-order valence-electron chi connectivity index (χ0n) is 22.7. The summed E-state index contributed by atoms with van der Waals surface area (Å²) in [5.41, 5.74) is 3.10. The van der Waals surface area contributed by atoms with E-state index in [4.69, 9.17) is 26.3 Å². The number of anilines is 1. The van der Waals surface area contributed by atoms with E-state index >= 15 is 0 Å². The molecule has 0 bridgehead atoms. The van der Waals surface area contributed by atoms with Gasteiger partial charge < -0.3 is 19.6 Å². The number of likely N-dealkylation sites (N-methyl/N-ethyl adjacent to an activating group) is 1. The molecule has 8 nitrogen and oxygen atoms in total. The summed E-state index contributed by atoms with van der Waals surface area (Å²) in [7, 11) is 2.12. The van der Waals surface area contributed by atoms with Crippen LogP contribution in [0.15, 0.2) is 42.6 Å². The Morgan fingerprint density at radius 3 is 2.44 bits per heavy atom. The topological polar surface area (TPSA) is 91.7 Å². The molecule has 1 aliphatic heterocycles. The van der Waals surface area contributed by atoms with Crippen LogP contribution in [0.2, 0.25) is 5.02 Å². The van der Waals surface area contributed by atoms with Crippen LogP contribution in [0.1, 0.15) is 38.0 Å². The van der Waals surface area contributed by atoms with Crippen molar-refractivity contribution < 1.29 is 14.6 Å². The predicted octanol–water partition coefficient (Wildman–Crippen LogP) is 6.07. The van der Waals surface area contributed by atoms with Crippen LogP contribution in [0.3, 0.4) is 0 Å². The van der Waals surface area contributed by atoms with Gasteiger partial charge in [-0.25, -0.2) is 19.7 Å². The summed E-state index contributed by atoms with van der Waals surface area (Å²) < 4.78 is 6.96. The van der Waals surface area contributed by atoms with Crippen molar-refractivity contribution >= 4 is 44.9 Å². The van der Waals surface area contributed by atoms with Gasteiger partial charge in [0.1, 0.15) is 5.82 Å². The van der Waals surface area contributed by atoms with Gasteiger partial charge in [0, 0.05) is 48.5 Å². The Bertz CT molecular complexity index is 1510. The third-order valence-electron chi connectivity index (χ3n) is 6.68. The van der Waals surface area contributed by atoms with Gasteiger partial charge in [0.15, 0.2) is 16.9 Å². The molecule has 0 unspecified atom stereocenters. The van der Waals surface area contributed by atoms with E-state index in [1.165, 1.54) is 11.3 Å². The number of piperazine rings is 1. The monoisotopic (exact) mass is 565 g/mol. The Morgan fingerprint density at radius 2 is 1.79 bits per heavy atom. The Kier molecular flexibility index (Phi) is 7.61. The molecule has 0 spiro atoms. The van der Waals surface area contributed by atoms with Crippen molar-refractivity contribution in [1.29, 1.82) is 0 Å². The van der Waals surface area contributed by atoms with Crippen LogP contribution in [0.25, 0.3) is 32.2 Å². The van der Waals surface area contributed by atoms with Crippen molar-refractivity contribution in [3.05, 3.63) is 58.7 Å². The van der Waals surface area contributed by atoms with Gasteiger partial charge in [0.25, 0.3) is 0 Å². The molecule has 5 rings (SSSR count). The molecular weight excluding hydrogens is 534 g/mol. The second kappa shape index (κ2) is 10.8. The number of carboxylic acid groups (broad SMARTS) is 1. The maximum absolute atomic E-state index is 12.6. The first-order valence-corrected chi connectivity index (χ1v) is 14.1. The molecular formula is C29H32ClN5O3S. The number of rotatable bonds is 6. The number of benzene rings is 2. The predicted molar refractivity (Wildman–Crippen MR) is 157 cm³/mol. The summed E-state index contributed by atoms with van der Waals surface area (Å²) in [5, 5.41) is 11.5.